The van der Waals surface area contributed by atoms with Gasteiger partial charge in [0.2, 0.25) is 0 Å². The van der Waals surface area contributed by atoms with E-state index in [0.29, 0.717) is 24.4 Å². The number of rotatable bonds is 6. The van der Waals surface area contributed by atoms with Crippen LogP contribution in [0.2, 0.25) is 0 Å². The summed E-state index contributed by atoms with van der Waals surface area (Å²) in [5.41, 5.74) is 6.06. The van der Waals surface area contributed by atoms with Gasteiger partial charge in [0.05, 0.1) is 12.7 Å². The van der Waals surface area contributed by atoms with E-state index in [1.165, 1.54) is 7.11 Å². The molecular weight excluding hydrogens is 258 g/mol. The third kappa shape index (κ3) is 3.63. The number of carbonyl (C=O) groups excluding carboxylic acids is 1. The van der Waals surface area contributed by atoms with E-state index in [0.717, 1.165) is 0 Å². The maximum atomic E-state index is 12.5. The normalized spacial score (nSPS) is 12.8. The summed E-state index contributed by atoms with van der Waals surface area (Å²) in [4.78, 5) is 14.1. The Bertz CT molecular complexity index is 488. The topological polar surface area (TPSA) is 88.1 Å². The highest BCUT2D eigenvalue weighted by atomic mass is 16.5. The summed E-state index contributed by atoms with van der Waals surface area (Å²) in [6, 6.07) is 7.06. The molecule has 0 bridgehead atoms. The zero-order chi connectivity index (χ0) is 15.1. The van der Waals surface area contributed by atoms with E-state index < -0.39 is 0 Å². The Balaban J connectivity index is 2.92. The Morgan fingerprint density at radius 3 is 2.70 bits per heavy atom. The summed E-state index contributed by atoms with van der Waals surface area (Å²) in [5.74, 6) is 0.282. The van der Waals surface area contributed by atoms with E-state index in [9.17, 15) is 4.79 Å². The number of oxime groups is 1. The molecule has 1 atom stereocenters. The van der Waals surface area contributed by atoms with Gasteiger partial charge in [-0.25, -0.2) is 0 Å². The molecule has 1 aromatic rings. The number of amidine groups is 1. The molecule has 0 saturated carbocycles. The number of benzene rings is 1. The molecular formula is C14H21N3O3. The summed E-state index contributed by atoms with van der Waals surface area (Å²) in [6.45, 7) is 4.59. The van der Waals surface area contributed by atoms with Crippen molar-refractivity contribution in [2.24, 2.45) is 16.8 Å². The fourth-order valence-electron chi connectivity index (χ4n) is 1.87. The molecule has 0 aliphatic rings. The maximum Gasteiger partial charge on any atom is 0.257 e. The smallest absolute Gasteiger partial charge is 0.257 e. The molecule has 0 aromatic heterocycles. The number of methoxy groups -OCH3 is 1. The van der Waals surface area contributed by atoms with Crippen LogP contribution < -0.4 is 10.5 Å². The average Bonchev–Trinajstić information content (AvgIpc) is 2.50. The third-order valence-electron chi connectivity index (χ3n) is 3.12. The van der Waals surface area contributed by atoms with Gasteiger partial charge in [0.15, 0.2) is 0 Å². The summed E-state index contributed by atoms with van der Waals surface area (Å²) in [7, 11) is 1.53. The molecule has 1 rings (SSSR count). The van der Waals surface area contributed by atoms with E-state index in [-0.39, 0.29) is 17.7 Å². The second kappa shape index (κ2) is 7.37. The fraction of sp³-hybridized carbons (Fsp3) is 0.429. The molecule has 20 heavy (non-hydrogen) atoms. The SMILES string of the molecule is CCN(CC(C)C(N)=NO)C(=O)c1ccccc1OC. The van der Waals surface area contributed by atoms with Crippen molar-refractivity contribution in [3.8, 4) is 5.75 Å². The van der Waals surface area contributed by atoms with Gasteiger partial charge in [-0.2, -0.15) is 0 Å². The van der Waals surface area contributed by atoms with Crippen LogP contribution in [-0.4, -0.2) is 42.0 Å². The van der Waals surface area contributed by atoms with Gasteiger partial charge in [-0.05, 0) is 19.1 Å². The molecule has 3 N–H and O–H groups in total. The number of carbonyl (C=O) groups is 1. The van der Waals surface area contributed by atoms with Crippen LogP contribution >= 0.6 is 0 Å². The Morgan fingerprint density at radius 1 is 1.50 bits per heavy atom. The Hall–Kier alpha value is -2.24. The van der Waals surface area contributed by atoms with Crippen LogP contribution in [-0.2, 0) is 0 Å². The van der Waals surface area contributed by atoms with E-state index >= 15 is 0 Å². The van der Waals surface area contributed by atoms with Crippen molar-refractivity contribution in [2.45, 2.75) is 13.8 Å². The van der Waals surface area contributed by atoms with Gasteiger partial charge in [0.25, 0.3) is 5.91 Å². The molecule has 0 fully saturated rings. The molecule has 1 unspecified atom stereocenters. The van der Waals surface area contributed by atoms with Crippen LogP contribution in [0.3, 0.4) is 0 Å². The fourth-order valence-corrected chi connectivity index (χ4v) is 1.87. The van der Waals surface area contributed by atoms with Gasteiger partial charge < -0.3 is 20.6 Å². The first-order valence-electron chi connectivity index (χ1n) is 6.44. The van der Waals surface area contributed by atoms with Gasteiger partial charge in [0.1, 0.15) is 11.6 Å². The first kappa shape index (κ1) is 15.8. The Kier molecular flexibility index (Phi) is 5.83. The second-order valence-corrected chi connectivity index (χ2v) is 4.47. The molecule has 0 saturated heterocycles. The number of ether oxygens (including phenoxy) is 1. The van der Waals surface area contributed by atoms with Gasteiger partial charge in [-0.1, -0.05) is 24.2 Å². The molecule has 0 aliphatic heterocycles. The van der Waals surface area contributed by atoms with Gasteiger partial charge in [-0.3, -0.25) is 4.79 Å². The van der Waals surface area contributed by atoms with E-state index in [1.54, 1.807) is 30.0 Å². The van der Waals surface area contributed by atoms with Crippen LogP contribution in [0.25, 0.3) is 0 Å². The number of hydrogen-bond acceptors (Lipinski definition) is 4. The highest BCUT2D eigenvalue weighted by Gasteiger charge is 2.21. The summed E-state index contributed by atoms with van der Waals surface area (Å²) < 4.78 is 5.20. The minimum Gasteiger partial charge on any atom is -0.496 e. The lowest BCUT2D eigenvalue weighted by atomic mass is 10.1. The van der Waals surface area contributed by atoms with Crippen LogP contribution in [0, 0.1) is 5.92 Å². The Morgan fingerprint density at radius 2 is 2.15 bits per heavy atom. The highest BCUT2D eigenvalue weighted by molar-refractivity contribution is 5.97. The molecule has 0 aliphatic carbocycles. The first-order valence-corrected chi connectivity index (χ1v) is 6.44. The summed E-state index contributed by atoms with van der Waals surface area (Å²) in [5, 5.41) is 11.6. The van der Waals surface area contributed by atoms with Crippen LogP contribution in [0.15, 0.2) is 29.4 Å². The highest BCUT2D eigenvalue weighted by Crippen LogP contribution is 2.19. The van der Waals surface area contributed by atoms with E-state index in [2.05, 4.69) is 5.16 Å². The zero-order valence-corrected chi connectivity index (χ0v) is 12.0. The van der Waals surface area contributed by atoms with Crippen molar-refractivity contribution in [2.75, 3.05) is 20.2 Å². The van der Waals surface area contributed by atoms with Crippen LogP contribution in [0.4, 0.5) is 0 Å². The molecule has 0 spiro atoms. The van der Waals surface area contributed by atoms with Crippen molar-refractivity contribution >= 4 is 11.7 Å². The van der Waals surface area contributed by atoms with Gasteiger partial charge >= 0.3 is 0 Å². The van der Waals surface area contributed by atoms with E-state index in [1.807, 2.05) is 13.0 Å². The lowest BCUT2D eigenvalue weighted by molar-refractivity contribution is 0.0750. The first-order chi connectivity index (χ1) is 9.54. The number of amides is 1. The van der Waals surface area contributed by atoms with Crippen LogP contribution in [0.1, 0.15) is 24.2 Å². The molecule has 6 nitrogen and oxygen atoms in total. The monoisotopic (exact) mass is 279 g/mol. The minimum atomic E-state index is -0.224. The van der Waals surface area contributed by atoms with E-state index in [4.69, 9.17) is 15.7 Å². The van der Waals surface area contributed by atoms with Crippen molar-refractivity contribution in [3.63, 3.8) is 0 Å². The van der Waals surface area contributed by atoms with Crippen molar-refractivity contribution in [1.29, 1.82) is 0 Å². The largest absolute Gasteiger partial charge is 0.496 e. The van der Waals surface area contributed by atoms with Crippen molar-refractivity contribution < 1.29 is 14.7 Å². The standard InChI is InChI=1S/C14H21N3O3/c1-4-17(9-10(2)13(15)16-19)14(18)11-7-5-6-8-12(11)20-3/h5-8,10,19H,4,9H2,1-3H3,(H2,15,16). The molecule has 1 aromatic carbocycles. The predicted molar refractivity (Wildman–Crippen MR) is 77.1 cm³/mol. The molecule has 110 valence electrons. The molecule has 1 amide bonds. The van der Waals surface area contributed by atoms with Crippen LogP contribution in [0.5, 0.6) is 5.75 Å². The van der Waals surface area contributed by atoms with Crippen molar-refractivity contribution in [1.82, 2.24) is 4.90 Å². The second-order valence-electron chi connectivity index (χ2n) is 4.47. The lowest BCUT2D eigenvalue weighted by Gasteiger charge is -2.24. The minimum absolute atomic E-state index is 0.108. The Labute approximate surface area is 118 Å². The summed E-state index contributed by atoms with van der Waals surface area (Å²) in [6.07, 6.45) is 0. The molecule has 6 heteroatoms. The number of para-hydroxylation sites is 1. The zero-order valence-electron chi connectivity index (χ0n) is 12.0. The summed E-state index contributed by atoms with van der Waals surface area (Å²) >= 11 is 0. The number of nitrogens with zero attached hydrogens (tertiary/aromatic N) is 2. The predicted octanol–water partition coefficient (Wildman–Crippen LogP) is 1.54. The van der Waals surface area contributed by atoms with Gasteiger partial charge in [0, 0.05) is 19.0 Å². The molecule has 0 radical (unpaired) electrons. The third-order valence-corrected chi connectivity index (χ3v) is 3.12. The average molecular weight is 279 g/mol. The maximum absolute atomic E-state index is 12.5. The quantitative estimate of drug-likeness (QED) is 0.358. The van der Waals surface area contributed by atoms with Gasteiger partial charge in [-0.15, -0.1) is 0 Å². The van der Waals surface area contributed by atoms with Crippen molar-refractivity contribution in [3.05, 3.63) is 29.8 Å². The molecule has 0 heterocycles. The number of hydrogen-bond donors (Lipinski definition) is 2. The number of nitrogens with two attached hydrogens (primary N) is 1. The lowest BCUT2D eigenvalue weighted by Crippen LogP contribution is -2.38.